The topological polar surface area (TPSA) is 105 Å². The van der Waals surface area contributed by atoms with E-state index in [0.717, 1.165) is 33.4 Å². The van der Waals surface area contributed by atoms with Crippen molar-refractivity contribution < 1.29 is 24.2 Å². The molecule has 0 aliphatic carbocycles. The smallest absolute Gasteiger partial charge is 0.408 e. The summed E-state index contributed by atoms with van der Waals surface area (Å²) in [6.45, 7) is 8.58. The van der Waals surface area contributed by atoms with Crippen LogP contribution in [0.15, 0.2) is 134 Å². The zero-order valence-electron chi connectivity index (χ0n) is 31.3. The molecule has 280 valence electrons. The zero-order valence-corrected chi connectivity index (χ0v) is 32.0. The third kappa shape index (κ3) is 10.1. The van der Waals surface area contributed by atoms with Gasteiger partial charge in [0.15, 0.2) is 0 Å². The summed E-state index contributed by atoms with van der Waals surface area (Å²) in [6.07, 6.45) is 0.692. The van der Waals surface area contributed by atoms with Gasteiger partial charge in [0.2, 0.25) is 5.28 Å². The quantitative estimate of drug-likeness (QED) is 0.117. The molecule has 1 N–H and O–H groups in total. The van der Waals surface area contributed by atoms with E-state index in [1.165, 1.54) is 4.90 Å². The lowest BCUT2D eigenvalue weighted by Gasteiger charge is -2.33. The van der Waals surface area contributed by atoms with Crippen molar-refractivity contribution in [2.24, 2.45) is 0 Å². The maximum Gasteiger partial charge on any atom is 0.408 e. The maximum atomic E-state index is 14.8. The molecule has 6 rings (SSSR count). The van der Waals surface area contributed by atoms with Crippen molar-refractivity contribution in [3.05, 3.63) is 172 Å². The van der Waals surface area contributed by atoms with E-state index in [9.17, 15) is 14.7 Å². The number of hydrogen-bond acceptors (Lipinski definition) is 6. The standard InChI is InChI=1S/C45H43ClN4O5/c1-31-26-47-43(46)48-41(31)36-19-21-37(22-20-36)49(27-32-15-17-33(18-16-32)28-50(44(52)53)45(2,3)4)42(51)39-24-23-38(54-29-34-11-7-5-8-12-34)25-40(39)55-30-35-13-9-6-10-14-35/h5-26H,27-30H2,1-4H3,(H,52,53). The molecule has 2 amide bonds. The van der Waals surface area contributed by atoms with Crippen molar-refractivity contribution in [3.8, 4) is 22.8 Å². The second kappa shape index (κ2) is 17.3. The first-order valence-corrected chi connectivity index (χ1v) is 18.3. The highest BCUT2D eigenvalue weighted by Gasteiger charge is 2.27. The van der Waals surface area contributed by atoms with Gasteiger partial charge >= 0.3 is 6.09 Å². The molecule has 10 heteroatoms. The maximum absolute atomic E-state index is 14.8. The number of anilines is 1. The van der Waals surface area contributed by atoms with Crippen LogP contribution in [0.2, 0.25) is 5.28 Å². The van der Waals surface area contributed by atoms with Crippen LogP contribution < -0.4 is 14.4 Å². The Kier molecular flexibility index (Phi) is 12.1. The highest BCUT2D eigenvalue weighted by molar-refractivity contribution is 6.28. The molecular weight excluding hydrogens is 712 g/mol. The van der Waals surface area contributed by atoms with E-state index in [1.807, 2.05) is 137 Å². The van der Waals surface area contributed by atoms with Gasteiger partial charge < -0.3 is 19.5 Å². The summed E-state index contributed by atoms with van der Waals surface area (Å²) in [6, 6.07) is 40.2. The number of rotatable bonds is 13. The Bertz CT molecular complexity index is 2230. The normalized spacial score (nSPS) is 11.1. The second-order valence-electron chi connectivity index (χ2n) is 14.2. The Balaban J connectivity index is 1.34. The van der Waals surface area contributed by atoms with E-state index in [-0.39, 0.29) is 30.9 Å². The van der Waals surface area contributed by atoms with Crippen molar-refractivity contribution in [3.63, 3.8) is 0 Å². The van der Waals surface area contributed by atoms with E-state index in [2.05, 4.69) is 9.97 Å². The van der Waals surface area contributed by atoms with E-state index in [4.69, 9.17) is 21.1 Å². The zero-order chi connectivity index (χ0) is 39.0. The number of ether oxygens (including phenoxy) is 2. The number of aromatic nitrogens is 2. The predicted octanol–water partition coefficient (Wildman–Crippen LogP) is 10.4. The SMILES string of the molecule is Cc1cnc(Cl)nc1-c1ccc(N(Cc2ccc(CN(C(=O)O)C(C)(C)C)cc2)C(=O)c2ccc(OCc3ccccc3)cc2OCc2ccccc2)cc1. The summed E-state index contributed by atoms with van der Waals surface area (Å²) >= 11 is 6.14. The van der Waals surface area contributed by atoms with Crippen LogP contribution in [0.1, 0.15) is 58.9 Å². The number of halogens is 1. The minimum atomic E-state index is -0.988. The van der Waals surface area contributed by atoms with E-state index >= 15 is 0 Å². The molecule has 1 aromatic heterocycles. The Hall–Kier alpha value is -6.19. The van der Waals surface area contributed by atoms with Crippen molar-refractivity contribution in [1.82, 2.24) is 14.9 Å². The predicted molar refractivity (Wildman–Crippen MR) is 215 cm³/mol. The molecule has 0 saturated heterocycles. The van der Waals surface area contributed by atoms with Gasteiger partial charge in [0.25, 0.3) is 5.91 Å². The molecule has 0 saturated carbocycles. The number of hydrogen-bond donors (Lipinski definition) is 1. The van der Waals surface area contributed by atoms with Crippen LogP contribution in [-0.2, 0) is 26.3 Å². The van der Waals surface area contributed by atoms with Crippen LogP contribution in [0.5, 0.6) is 11.5 Å². The number of amides is 2. The Morgan fingerprint density at radius 1 is 0.727 bits per heavy atom. The average Bonchev–Trinajstić information content (AvgIpc) is 3.19. The highest BCUT2D eigenvalue weighted by atomic mass is 35.5. The van der Waals surface area contributed by atoms with Gasteiger partial charge in [0.1, 0.15) is 24.7 Å². The van der Waals surface area contributed by atoms with Crippen molar-refractivity contribution in [2.75, 3.05) is 4.90 Å². The van der Waals surface area contributed by atoms with Crippen molar-refractivity contribution >= 4 is 29.3 Å². The fraction of sp³-hybridized carbons (Fsp3) is 0.200. The van der Waals surface area contributed by atoms with Gasteiger partial charge in [-0.3, -0.25) is 9.69 Å². The minimum Gasteiger partial charge on any atom is -0.489 e. The molecule has 55 heavy (non-hydrogen) atoms. The van der Waals surface area contributed by atoms with Crippen LogP contribution in [0.4, 0.5) is 10.5 Å². The fourth-order valence-electron chi connectivity index (χ4n) is 6.01. The minimum absolute atomic E-state index is 0.151. The summed E-state index contributed by atoms with van der Waals surface area (Å²) in [4.78, 5) is 38.4. The first kappa shape index (κ1) is 38.5. The van der Waals surface area contributed by atoms with Gasteiger partial charge in [0.05, 0.1) is 17.8 Å². The summed E-state index contributed by atoms with van der Waals surface area (Å²) in [5, 5.41) is 9.99. The molecule has 5 aromatic carbocycles. The third-order valence-corrected chi connectivity index (χ3v) is 9.24. The van der Waals surface area contributed by atoms with Crippen molar-refractivity contribution in [2.45, 2.75) is 59.5 Å². The van der Waals surface area contributed by atoms with Gasteiger partial charge in [-0.05, 0) is 91.4 Å². The van der Waals surface area contributed by atoms with Crippen LogP contribution in [-0.4, -0.2) is 37.5 Å². The second-order valence-corrected chi connectivity index (χ2v) is 14.5. The molecule has 6 aromatic rings. The van der Waals surface area contributed by atoms with Gasteiger partial charge in [-0.2, -0.15) is 0 Å². The fourth-order valence-corrected chi connectivity index (χ4v) is 6.14. The molecule has 0 aliphatic rings. The van der Waals surface area contributed by atoms with Crippen molar-refractivity contribution in [1.29, 1.82) is 0 Å². The molecule has 0 unspecified atom stereocenters. The molecule has 0 fully saturated rings. The molecular formula is C45H43ClN4O5. The summed E-state index contributed by atoms with van der Waals surface area (Å²) < 4.78 is 12.5. The summed E-state index contributed by atoms with van der Waals surface area (Å²) in [5.74, 6) is 0.679. The molecule has 0 atom stereocenters. The molecule has 0 radical (unpaired) electrons. The lowest BCUT2D eigenvalue weighted by molar-refractivity contribution is 0.0951. The third-order valence-electron chi connectivity index (χ3n) is 9.05. The Morgan fingerprint density at radius 2 is 1.31 bits per heavy atom. The number of benzene rings is 5. The molecule has 0 spiro atoms. The van der Waals surface area contributed by atoms with Crippen LogP contribution in [0.25, 0.3) is 11.3 Å². The van der Waals surface area contributed by atoms with Crippen LogP contribution in [0.3, 0.4) is 0 Å². The lowest BCUT2D eigenvalue weighted by Crippen LogP contribution is -2.44. The van der Waals surface area contributed by atoms with Gasteiger partial charge in [-0.1, -0.05) is 97.1 Å². The highest BCUT2D eigenvalue weighted by Crippen LogP contribution is 2.32. The van der Waals surface area contributed by atoms with Crippen LogP contribution in [0, 0.1) is 6.92 Å². The number of carboxylic acid groups (broad SMARTS) is 1. The molecule has 0 aliphatic heterocycles. The van der Waals surface area contributed by atoms with Gasteiger partial charge in [-0.25, -0.2) is 14.8 Å². The first-order valence-electron chi connectivity index (χ1n) is 17.9. The largest absolute Gasteiger partial charge is 0.489 e. The number of nitrogens with zero attached hydrogens (tertiary/aromatic N) is 4. The Morgan fingerprint density at radius 3 is 1.89 bits per heavy atom. The van der Waals surface area contributed by atoms with E-state index in [1.54, 1.807) is 29.3 Å². The van der Waals surface area contributed by atoms with E-state index < -0.39 is 11.6 Å². The van der Waals surface area contributed by atoms with Gasteiger partial charge in [-0.15, -0.1) is 0 Å². The van der Waals surface area contributed by atoms with Crippen LogP contribution >= 0.6 is 11.6 Å². The number of carbonyl (C=O) groups excluding carboxylic acids is 1. The lowest BCUT2D eigenvalue weighted by atomic mass is 10.0. The monoisotopic (exact) mass is 754 g/mol. The summed E-state index contributed by atoms with van der Waals surface area (Å²) in [7, 11) is 0. The summed E-state index contributed by atoms with van der Waals surface area (Å²) in [5.41, 5.74) is 6.51. The number of aryl methyl sites for hydroxylation is 1. The van der Waals surface area contributed by atoms with E-state index in [0.29, 0.717) is 35.1 Å². The molecule has 1 heterocycles. The Labute approximate surface area is 326 Å². The molecule has 9 nitrogen and oxygen atoms in total. The average molecular weight is 755 g/mol. The number of carbonyl (C=O) groups is 2. The first-order chi connectivity index (χ1) is 26.4. The van der Waals surface area contributed by atoms with Gasteiger partial charge in [0, 0.05) is 35.6 Å². The molecule has 0 bridgehead atoms.